The zero-order valence-corrected chi connectivity index (χ0v) is 20.6. The molecule has 2 aromatic rings. The molecule has 10 heteroatoms. The lowest BCUT2D eigenvalue weighted by Crippen LogP contribution is -2.46. The van der Waals surface area contributed by atoms with Crippen LogP contribution < -0.4 is 25.4 Å². The quantitative estimate of drug-likeness (QED) is 0.428. The number of benzene rings is 1. The first kappa shape index (κ1) is 24.9. The van der Waals surface area contributed by atoms with Crippen LogP contribution in [-0.2, 0) is 16.1 Å². The summed E-state index contributed by atoms with van der Waals surface area (Å²) in [5, 5.41) is 9.14. The Morgan fingerprint density at radius 3 is 2.89 bits per heavy atom. The van der Waals surface area contributed by atoms with E-state index in [0.29, 0.717) is 62.0 Å². The Kier molecular flexibility index (Phi) is 7.82. The van der Waals surface area contributed by atoms with Crippen molar-refractivity contribution in [3.05, 3.63) is 59.3 Å². The van der Waals surface area contributed by atoms with Gasteiger partial charge in [-0.15, -0.1) is 0 Å². The number of pyridine rings is 1. The van der Waals surface area contributed by atoms with Crippen LogP contribution in [0, 0.1) is 11.2 Å². The van der Waals surface area contributed by atoms with E-state index >= 15 is 0 Å². The second-order valence-electron chi connectivity index (χ2n) is 8.61. The van der Waals surface area contributed by atoms with E-state index in [4.69, 9.17) is 26.4 Å². The van der Waals surface area contributed by atoms with Crippen LogP contribution in [0.3, 0.4) is 0 Å². The van der Waals surface area contributed by atoms with E-state index < -0.39 is 5.82 Å². The standard InChI is InChI=1S/C25H29FN4O4S/c1-3-25(13-33-14-25)15-34-20-12-27-9-7-16(20)11-29-18-8-10-28-23(31)21(18)24(35)30-19-6-4-5-17(26)22(19)32-2/h4-7,9,12,29H,3,8,10-11,13-15H2,1-2H3,(H,28,31)(H,30,35). The van der Waals surface area contributed by atoms with E-state index in [1.807, 2.05) is 6.07 Å². The molecule has 0 unspecified atom stereocenters. The Morgan fingerprint density at radius 1 is 1.34 bits per heavy atom. The zero-order chi connectivity index (χ0) is 24.8. The van der Waals surface area contributed by atoms with Crippen LogP contribution in [0.15, 0.2) is 47.9 Å². The lowest BCUT2D eigenvalue weighted by atomic mass is 9.84. The van der Waals surface area contributed by atoms with Crippen molar-refractivity contribution in [3.8, 4) is 11.5 Å². The molecule has 3 N–H and O–H groups in total. The zero-order valence-electron chi connectivity index (χ0n) is 19.8. The van der Waals surface area contributed by atoms with Gasteiger partial charge in [-0.2, -0.15) is 0 Å². The summed E-state index contributed by atoms with van der Waals surface area (Å²) in [6.45, 7) is 4.99. The van der Waals surface area contributed by atoms with E-state index in [1.54, 1.807) is 24.5 Å². The molecule has 0 atom stereocenters. The molecule has 1 saturated heterocycles. The number of carbonyl (C=O) groups excluding carboxylic acids is 1. The number of carbonyl (C=O) groups is 1. The molecule has 2 aliphatic heterocycles. The number of amides is 1. The largest absolute Gasteiger partial charge is 0.492 e. The molecular formula is C25H29FN4O4S. The smallest absolute Gasteiger partial charge is 0.256 e. The number of ether oxygens (including phenoxy) is 3. The summed E-state index contributed by atoms with van der Waals surface area (Å²) in [5.41, 5.74) is 2.31. The predicted molar refractivity (Wildman–Crippen MR) is 134 cm³/mol. The van der Waals surface area contributed by atoms with Gasteiger partial charge in [0.05, 0.1) is 49.8 Å². The molecule has 1 amide bonds. The van der Waals surface area contributed by atoms with E-state index in [0.717, 1.165) is 12.0 Å². The van der Waals surface area contributed by atoms with E-state index in [-0.39, 0.29) is 22.1 Å². The molecule has 0 saturated carbocycles. The molecule has 1 aromatic carbocycles. The van der Waals surface area contributed by atoms with Gasteiger partial charge in [0.1, 0.15) is 10.7 Å². The Hall–Kier alpha value is -3.24. The van der Waals surface area contributed by atoms with Crippen LogP contribution >= 0.6 is 12.2 Å². The highest BCUT2D eigenvalue weighted by atomic mass is 32.1. The first-order chi connectivity index (χ1) is 17.0. The molecule has 3 heterocycles. The molecule has 0 radical (unpaired) electrons. The second-order valence-corrected chi connectivity index (χ2v) is 9.01. The number of hydrogen-bond donors (Lipinski definition) is 3. The summed E-state index contributed by atoms with van der Waals surface area (Å²) in [6, 6.07) is 6.36. The van der Waals surface area contributed by atoms with Gasteiger partial charge in [0.15, 0.2) is 11.6 Å². The van der Waals surface area contributed by atoms with Gasteiger partial charge in [0.2, 0.25) is 0 Å². The predicted octanol–water partition coefficient (Wildman–Crippen LogP) is 3.34. The Morgan fingerprint density at radius 2 is 2.17 bits per heavy atom. The van der Waals surface area contributed by atoms with Gasteiger partial charge < -0.3 is 30.2 Å². The lowest BCUT2D eigenvalue weighted by molar-refractivity contribution is -0.133. The maximum absolute atomic E-state index is 14.1. The first-order valence-corrected chi connectivity index (χ1v) is 11.9. The Labute approximate surface area is 209 Å². The fourth-order valence-electron chi connectivity index (χ4n) is 3.97. The van der Waals surface area contributed by atoms with Gasteiger partial charge in [-0.3, -0.25) is 9.78 Å². The molecule has 0 bridgehead atoms. The van der Waals surface area contributed by atoms with Gasteiger partial charge in [0, 0.05) is 37.0 Å². The maximum Gasteiger partial charge on any atom is 0.256 e. The van der Waals surface area contributed by atoms with Crippen LogP contribution in [0.2, 0.25) is 0 Å². The van der Waals surface area contributed by atoms with Crippen LogP contribution in [-0.4, -0.2) is 49.4 Å². The molecular weight excluding hydrogens is 471 g/mol. The number of halogens is 1. The van der Waals surface area contributed by atoms with Crippen molar-refractivity contribution >= 4 is 28.8 Å². The van der Waals surface area contributed by atoms with Crippen LogP contribution in [0.4, 0.5) is 10.1 Å². The Bertz CT molecular complexity index is 1130. The third kappa shape index (κ3) is 5.54. The molecule has 0 aliphatic carbocycles. The lowest BCUT2D eigenvalue weighted by Gasteiger charge is -2.40. The summed E-state index contributed by atoms with van der Waals surface area (Å²) in [4.78, 5) is 17.1. The highest BCUT2D eigenvalue weighted by Crippen LogP contribution is 2.33. The van der Waals surface area contributed by atoms with E-state index in [1.165, 1.54) is 13.2 Å². The number of nitrogens with zero attached hydrogens (tertiary/aromatic N) is 1. The van der Waals surface area contributed by atoms with Crippen molar-refractivity contribution in [2.45, 2.75) is 26.3 Å². The fourth-order valence-corrected chi connectivity index (χ4v) is 4.29. The SMILES string of the molecule is CCC1(COc2cnccc2CNC2=C(C(=S)Nc3cccc(F)c3OC)C(=O)NCC2)COC1. The van der Waals surface area contributed by atoms with E-state index in [2.05, 4.69) is 27.9 Å². The number of methoxy groups -OCH3 is 1. The molecule has 1 aromatic heterocycles. The van der Waals surface area contributed by atoms with E-state index in [9.17, 15) is 9.18 Å². The summed E-state index contributed by atoms with van der Waals surface area (Å²) >= 11 is 5.54. The molecule has 4 rings (SSSR count). The molecule has 2 aliphatic rings. The summed E-state index contributed by atoms with van der Waals surface area (Å²) in [5.74, 6) is -0.106. The van der Waals surface area contributed by atoms with Gasteiger partial charge >= 0.3 is 0 Å². The van der Waals surface area contributed by atoms with Gasteiger partial charge in [-0.05, 0) is 24.6 Å². The van der Waals surface area contributed by atoms with Crippen molar-refractivity contribution in [2.75, 3.05) is 38.8 Å². The summed E-state index contributed by atoms with van der Waals surface area (Å²) in [6.07, 6.45) is 4.95. The molecule has 8 nitrogen and oxygen atoms in total. The fraction of sp³-hybridized carbons (Fsp3) is 0.400. The normalized spacial score (nSPS) is 16.7. The second kappa shape index (κ2) is 11.0. The highest BCUT2D eigenvalue weighted by molar-refractivity contribution is 7.81. The number of hydrogen-bond acceptors (Lipinski definition) is 7. The minimum Gasteiger partial charge on any atom is -0.492 e. The Balaban J connectivity index is 1.50. The first-order valence-electron chi connectivity index (χ1n) is 11.5. The molecule has 0 spiro atoms. The average molecular weight is 501 g/mol. The maximum atomic E-state index is 14.1. The van der Waals surface area contributed by atoms with Gasteiger partial charge in [-0.1, -0.05) is 25.2 Å². The minimum absolute atomic E-state index is 0.0291. The third-order valence-corrected chi connectivity index (χ3v) is 6.60. The minimum atomic E-state index is -0.524. The van der Waals surface area contributed by atoms with Crippen LogP contribution in [0.25, 0.3) is 0 Å². The number of rotatable bonds is 10. The number of nitrogens with one attached hydrogen (secondary N) is 3. The van der Waals surface area contributed by atoms with Crippen molar-refractivity contribution < 1.29 is 23.4 Å². The number of aromatic nitrogens is 1. The average Bonchev–Trinajstić information content (AvgIpc) is 2.83. The van der Waals surface area contributed by atoms with Gasteiger partial charge in [-0.25, -0.2) is 4.39 Å². The van der Waals surface area contributed by atoms with Crippen LogP contribution in [0.5, 0.6) is 11.5 Å². The monoisotopic (exact) mass is 500 g/mol. The number of thiocarbonyl (C=S) groups is 1. The van der Waals surface area contributed by atoms with Crippen LogP contribution in [0.1, 0.15) is 25.3 Å². The third-order valence-electron chi connectivity index (χ3n) is 6.30. The molecule has 186 valence electrons. The van der Waals surface area contributed by atoms with Crippen molar-refractivity contribution in [3.63, 3.8) is 0 Å². The topological polar surface area (TPSA) is 93.7 Å². The number of anilines is 1. The van der Waals surface area contributed by atoms with Gasteiger partial charge in [0.25, 0.3) is 5.91 Å². The van der Waals surface area contributed by atoms with Crippen molar-refractivity contribution in [2.24, 2.45) is 5.41 Å². The number of para-hydroxylation sites is 1. The summed E-state index contributed by atoms with van der Waals surface area (Å²) < 4.78 is 30.7. The molecule has 35 heavy (non-hydrogen) atoms. The molecule has 1 fully saturated rings. The van der Waals surface area contributed by atoms with Crippen molar-refractivity contribution in [1.82, 2.24) is 15.6 Å². The highest BCUT2D eigenvalue weighted by Gasteiger charge is 2.37. The summed E-state index contributed by atoms with van der Waals surface area (Å²) in [7, 11) is 1.38. The van der Waals surface area contributed by atoms with Crippen molar-refractivity contribution in [1.29, 1.82) is 0 Å².